The number of alkyl halides is 1. The Hall–Kier alpha value is -1.36. The molecule has 5 heteroatoms. The summed E-state index contributed by atoms with van der Waals surface area (Å²) < 4.78 is 9.48. The van der Waals surface area contributed by atoms with E-state index in [0.717, 1.165) is 0 Å². The van der Waals surface area contributed by atoms with Gasteiger partial charge in [0.1, 0.15) is 16.6 Å². The van der Waals surface area contributed by atoms with Crippen LogP contribution < -0.4 is 4.74 Å². The van der Waals surface area contributed by atoms with Crippen molar-refractivity contribution in [1.29, 1.82) is 0 Å². The highest BCUT2D eigenvalue weighted by Crippen LogP contribution is 2.18. The number of esters is 2. The van der Waals surface area contributed by atoms with Crippen LogP contribution in [-0.4, -0.2) is 24.4 Å². The van der Waals surface area contributed by atoms with Gasteiger partial charge in [-0.2, -0.15) is 0 Å². The van der Waals surface area contributed by atoms with Crippen molar-refractivity contribution in [3.63, 3.8) is 0 Å². The highest BCUT2D eigenvalue weighted by molar-refractivity contribution is 9.09. The molecule has 0 saturated carbocycles. The number of rotatable bonds is 3. The van der Waals surface area contributed by atoms with Gasteiger partial charge in [-0.25, -0.2) is 4.79 Å². The normalized spacial score (nSPS) is 9.47. The number of hydrogen-bond acceptors (Lipinski definition) is 4. The highest BCUT2D eigenvalue weighted by Gasteiger charge is 2.14. The van der Waals surface area contributed by atoms with Crippen molar-refractivity contribution in [2.24, 2.45) is 0 Å². The summed E-state index contributed by atoms with van der Waals surface area (Å²) in [7, 11) is 1.27. The third kappa shape index (κ3) is 3.06. The molecule has 4 nitrogen and oxygen atoms in total. The predicted octanol–water partition coefficient (Wildman–Crippen LogP) is 1.77. The second-order valence-corrected chi connectivity index (χ2v) is 3.16. The Balaban J connectivity index is 2.96. The first-order chi connectivity index (χ1) is 7.19. The molecule has 0 atom stereocenters. The summed E-state index contributed by atoms with van der Waals surface area (Å²) in [4.78, 5) is 22.3. The maximum atomic E-state index is 11.3. The van der Waals surface area contributed by atoms with E-state index in [9.17, 15) is 9.59 Å². The van der Waals surface area contributed by atoms with Crippen molar-refractivity contribution in [2.45, 2.75) is 0 Å². The summed E-state index contributed by atoms with van der Waals surface area (Å²) in [6.45, 7) is 0. The molecule has 0 amide bonds. The molecule has 1 aromatic rings. The summed E-state index contributed by atoms with van der Waals surface area (Å²) in [5.74, 6) is -0.798. The quantitative estimate of drug-likeness (QED) is 0.478. The van der Waals surface area contributed by atoms with Crippen molar-refractivity contribution in [2.75, 3.05) is 12.4 Å². The lowest BCUT2D eigenvalue weighted by atomic mass is 10.2. The van der Waals surface area contributed by atoms with E-state index in [1.807, 2.05) is 0 Å². The third-order valence-electron chi connectivity index (χ3n) is 1.63. The summed E-state index contributed by atoms with van der Waals surface area (Å²) in [6, 6.07) is 6.40. The Labute approximate surface area is 95.3 Å². The van der Waals surface area contributed by atoms with Crippen LogP contribution in [0.3, 0.4) is 0 Å². The number of halogens is 1. The average Bonchev–Trinajstić information content (AvgIpc) is 2.28. The van der Waals surface area contributed by atoms with Gasteiger partial charge in [-0.3, -0.25) is 4.79 Å². The fourth-order valence-electron chi connectivity index (χ4n) is 0.984. The molecule has 1 aromatic carbocycles. The lowest BCUT2D eigenvalue weighted by Gasteiger charge is -2.06. The van der Waals surface area contributed by atoms with Gasteiger partial charge in [0.25, 0.3) is 0 Å². The van der Waals surface area contributed by atoms with E-state index >= 15 is 0 Å². The van der Waals surface area contributed by atoms with Crippen molar-refractivity contribution >= 4 is 27.9 Å². The van der Waals surface area contributed by atoms with Crippen molar-refractivity contribution in [3.05, 3.63) is 29.8 Å². The highest BCUT2D eigenvalue weighted by atomic mass is 79.9. The van der Waals surface area contributed by atoms with E-state index in [1.165, 1.54) is 19.2 Å². The van der Waals surface area contributed by atoms with E-state index in [2.05, 4.69) is 20.7 Å². The molecule has 0 heterocycles. The first-order valence-corrected chi connectivity index (χ1v) is 5.25. The monoisotopic (exact) mass is 272 g/mol. The van der Waals surface area contributed by atoms with E-state index in [4.69, 9.17) is 4.74 Å². The first kappa shape index (κ1) is 11.7. The molecule has 0 aliphatic rings. The van der Waals surface area contributed by atoms with E-state index in [1.54, 1.807) is 12.1 Å². The first-order valence-electron chi connectivity index (χ1n) is 4.13. The number of benzene rings is 1. The van der Waals surface area contributed by atoms with Crippen LogP contribution in [0.25, 0.3) is 0 Å². The average molecular weight is 273 g/mol. The van der Waals surface area contributed by atoms with Crippen LogP contribution in [-0.2, 0) is 9.53 Å². The van der Waals surface area contributed by atoms with Crippen LogP contribution in [0.1, 0.15) is 10.4 Å². The number of para-hydroxylation sites is 1. The minimum Gasteiger partial charge on any atom is -0.465 e. The number of carbonyl (C=O) groups excluding carboxylic acids is 2. The lowest BCUT2D eigenvalue weighted by Crippen LogP contribution is -2.12. The minimum atomic E-state index is -0.534. The fourth-order valence-corrected chi connectivity index (χ4v) is 1.10. The maximum absolute atomic E-state index is 11.3. The van der Waals surface area contributed by atoms with Gasteiger partial charge in [0.2, 0.25) is 0 Å². The van der Waals surface area contributed by atoms with Gasteiger partial charge in [-0.15, -0.1) is 0 Å². The summed E-state index contributed by atoms with van der Waals surface area (Å²) in [6.07, 6.45) is 0. The molecule has 0 N–H and O–H groups in total. The van der Waals surface area contributed by atoms with Gasteiger partial charge in [-0.1, -0.05) is 28.1 Å². The molecule has 0 radical (unpaired) electrons. The van der Waals surface area contributed by atoms with Gasteiger partial charge in [0, 0.05) is 0 Å². The zero-order chi connectivity index (χ0) is 11.3. The molecule has 1 rings (SSSR count). The topological polar surface area (TPSA) is 52.6 Å². The van der Waals surface area contributed by atoms with Crippen LogP contribution in [0, 0.1) is 0 Å². The molecule has 80 valence electrons. The Kier molecular flexibility index (Phi) is 4.30. The molecule has 0 aromatic heterocycles. The van der Waals surface area contributed by atoms with Gasteiger partial charge in [-0.05, 0) is 12.1 Å². The zero-order valence-corrected chi connectivity index (χ0v) is 9.61. The van der Waals surface area contributed by atoms with Crippen LogP contribution in [0.15, 0.2) is 24.3 Å². The number of hydrogen-bond donors (Lipinski definition) is 0. The standard InChI is InChI=1S/C10H9BrO4/c1-14-10(13)7-4-2-3-5-8(7)15-9(12)6-11/h2-5H,6H2,1H3. The van der Waals surface area contributed by atoms with Crippen LogP contribution in [0.4, 0.5) is 0 Å². The van der Waals surface area contributed by atoms with Crippen LogP contribution in [0.5, 0.6) is 5.75 Å². The Morgan fingerprint density at radius 1 is 1.33 bits per heavy atom. The van der Waals surface area contributed by atoms with Crippen LogP contribution >= 0.6 is 15.9 Å². The van der Waals surface area contributed by atoms with Crippen molar-refractivity contribution in [1.82, 2.24) is 0 Å². The molecule has 0 bridgehead atoms. The molecule has 0 unspecified atom stereocenters. The molecular weight excluding hydrogens is 264 g/mol. The molecule has 0 aliphatic carbocycles. The fraction of sp³-hybridized carbons (Fsp3) is 0.200. The molecule has 0 spiro atoms. The van der Waals surface area contributed by atoms with Gasteiger partial charge < -0.3 is 9.47 Å². The van der Waals surface area contributed by atoms with E-state index < -0.39 is 11.9 Å². The third-order valence-corrected chi connectivity index (χ3v) is 2.08. The van der Waals surface area contributed by atoms with Crippen molar-refractivity contribution < 1.29 is 19.1 Å². The van der Waals surface area contributed by atoms with Gasteiger partial charge in [0.15, 0.2) is 0 Å². The largest absolute Gasteiger partial charge is 0.465 e. The molecule has 0 fully saturated rings. The predicted molar refractivity (Wildman–Crippen MR) is 57.2 cm³/mol. The van der Waals surface area contributed by atoms with Crippen LogP contribution in [0.2, 0.25) is 0 Å². The summed E-state index contributed by atoms with van der Waals surface area (Å²) in [5, 5.41) is 0.0719. The Bertz CT molecular complexity index is 375. The molecule has 15 heavy (non-hydrogen) atoms. The smallest absolute Gasteiger partial charge is 0.341 e. The van der Waals surface area contributed by atoms with Crippen molar-refractivity contribution in [3.8, 4) is 5.75 Å². The second-order valence-electron chi connectivity index (χ2n) is 2.60. The molecule has 0 aliphatic heterocycles. The minimum absolute atomic E-state index is 0.0719. The van der Waals surface area contributed by atoms with Gasteiger partial charge >= 0.3 is 11.9 Å². The zero-order valence-electron chi connectivity index (χ0n) is 8.03. The second kappa shape index (κ2) is 5.50. The molecule has 0 saturated heterocycles. The lowest BCUT2D eigenvalue weighted by molar-refractivity contribution is -0.131. The summed E-state index contributed by atoms with van der Waals surface area (Å²) >= 11 is 2.96. The van der Waals surface area contributed by atoms with Gasteiger partial charge in [0.05, 0.1) is 7.11 Å². The number of ether oxygens (including phenoxy) is 2. The Morgan fingerprint density at radius 2 is 2.00 bits per heavy atom. The summed E-state index contributed by atoms with van der Waals surface area (Å²) in [5.41, 5.74) is 0.231. The van der Waals surface area contributed by atoms with E-state index in [-0.39, 0.29) is 16.6 Å². The Morgan fingerprint density at radius 3 is 2.60 bits per heavy atom. The maximum Gasteiger partial charge on any atom is 0.341 e. The van der Waals surface area contributed by atoms with E-state index in [0.29, 0.717) is 0 Å². The molecular formula is C10H9BrO4. The number of methoxy groups -OCH3 is 1. The SMILES string of the molecule is COC(=O)c1ccccc1OC(=O)CBr. The number of carbonyl (C=O) groups is 2.